The van der Waals surface area contributed by atoms with Crippen LogP contribution in [0.15, 0.2) is 34.8 Å². The van der Waals surface area contributed by atoms with E-state index in [2.05, 4.69) is 46.0 Å². The summed E-state index contributed by atoms with van der Waals surface area (Å²) in [6.07, 6.45) is 0.622. The number of rotatable bonds is 2. The zero-order valence-corrected chi connectivity index (χ0v) is 18.9. The van der Waals surface area contributed by atoms with Crippen LogP contribution in [0.25, 0.3) is 20.8 Å². The predicted molar refractivity (Wildman–Crippen MR) is 117 cm³/mol. The van der Waals surface area contributed by atoms with Gasteiger partial charge in [0.2, 0.25) is 0 Å². The van der Waals surface area contributed by atoms with Crippen LogP contribution in [0.2, 0.25) is 0 Å². The number of nitrogens with one attached hydrogen (secondary N) is 1. The molecule has 3 heterocycles. The molecule has 1 fully saturated rings. The van der Waals surface area contributed by atoms with Crippen molar-refractivity contribution in [1.82, 2.24) is 14.9 Å². The number of fused-ring (bicyclic) bond motifs is 1. The summed E-state index contributed by atoms with van der Waals surface area (Å²) in [6.45, 7) is 8.54. The van der Waals surface area contributed by atoms with Gasteiger partial charge < -0.3 is 9.72 Å². The zero-order valence-electron chi connectivity index (χ0n) is 16.5. The first-order valence-electron chi connectivity index (χ1n) is 9.44. The van der Waals surface area contributed by atoms with Gasteiger partial charge >= 0.3 is 6.09 Å². The number of carbonyl (C=O) groups excluding carboxylic acids is 1. The average Bonchev–Trinajstić information content (AvgIpc) is 3.26. The zero-order chi connectivity index (χ0) is 20.1. The Morgan fingerprint density at radius 2 is 2.04 bits per heavy atom. The third-order valence-corrected chi connectivity index (χ3v) is 6.39. The fourth-order valence-corrected chi connectivity index (χ4v) is 4.84. The maximum atomic E-state index is 12.7. The third-order valence-electron chi connectivity index (χ3n) is 4.78. The van der Waals surface area contributed by atoms with Gasteiger partial charge in [0.1, 0.15) is 16.3 Å². The smallest absolute Gasteiger partial charge is 0.410 e. The minimum absolute atomic E-state index is 0.0689. The summed E-state index contributed by atoms with van der Waals surface area (Å²) in [5.41, 5.74) is 1.68. The molecule has 2 unspecified atom stereocenters. The van der Waals surface area contributed by atoms with Gasteiger partial charge in [-0.1, -0.05) is 35.0 Å². The molecule has 0 aliphatic carbocycles. The summed E-state index contributed by atoms with van der Waals surface area (Å²) in [5.74, 6) is 1.26. The predicted octanol–water partition coefficient (Wildman–Crippen LogP) is 6.37. The van der Waals surface area contributed by atoms with Crippen molar-refractivity contribution in [2.75, 3.05) is 6.54 Å². The number of thiophene rings is 1. The van der Waals surface area contributed by atoms with Crippen LogP contribution >= 0.6 is 27.3 Å². The Kier molecular flexibility index (Phi) is 5.00. The summed E-state index contributed by atoms with van der Waals surface area (Å²) in [6, 6.07) is 10.3. The molecule has 1 amide bonds. The SMILES string of the molecule is CC1CC(c2nc3sc(-c4ccc(Br)cc4)cc3[nH]2)N(C(=O)OC(C)(C)C)C1. The number of likely N-dealkylation sites (tertiary alicyclic amines) is 1. The first-order valence-corrected chi connectivity index (χ1v) is 11.1. The van der Waals surface area contributed by atoms with Gasteiger partial charge in [0.15, 0.2) is 0 Å². The van der Waals surface area contributed by atoms with E-state index in [1.165, 1.54) is 10.4 Å². The Morgan fingerprint density at radius 1 is 1.32 bits per heavy atom. The number of ether oxygens (including phenoxy) is 1. The van der Waals surface area contributed by atoms with E-state index in [9.17, 15) is 4.79 Å². The van der Waals surface area contributed by atoms with E-state index in [1.54, 1.807) is 11.3 Å². The van der Waals surface area contributed by atoms with Crippen LogP contribution in [0.5, 0.6) is 0 Å². The molecule has 148 valence electrons. The van der Waals surface area contributed by atoms with Gasteiger partial charge in [-0.2, -0.15) is 0 Å². The molecule has 0 saturated carbocycles. The van der Waals surface area contributed by atoms with Crippen molar-refractivity contribution in [2.24, 2.45) is 5.92 Å². The highest BCUT2D eigenvalue weighted by Crippen LogP contribution is 2.38. The Labute approximate surface area is 177 Å². The molecular formula is C21H24BrN3O2S. The number of carbonyl (C=O) groups is 1. The van der Waals surface area contributed by atoms with E-state index < -0.39 is 5.60 Å². The molecule has 3 aromatic rings. The quantitative estimate of drug-likeness (QED) is 0.481. The summed E-state index contributed by atoms with van der Waals surface area (Å²) in [7, 11) is 0. The molecule has 2 atom stereocenters. The molecule has 7 heteroatoms. The number of hydrogen-bond donors (Lipinski definition) is 1. The lowest BCUT2D eigenvalue weighted by atomic mass is 10.1. The highest BCUT2D eigenvalue weighted by molar-refractivity contribution is 9.10. The number of amides is 1. The second kappa shape index (κ2) is 7.19. The summed E-state index contributed by atoms with van der Waals surface area (Å²) < 4.78 is 6.67. The minimum Gasteiger partial charge on any atom is -0.444 e. The molecule has 0 bridgehead atoms. The van der Waals surface area contributed by atoms with Crippen LogP contribution in [-0.4, -0.2) is 33.1 Å². The van der Waals surface area contributed by atoms with Crippen molar-refractivity contribution in [2.45, 2.75) is 45.8 Å². The number of hydrogen-bond acceptors (Lipinski definition) is 4. The second-order valence-electron chi connectivity index (χ2n) is 8.45. The van der Waals surface area contributed by atoms with E-state index in [0.29, 0.717) is 12.5 Å². The molecule has 1 aliphatic rings. The van der Waals surface area contributed by atoms with E-state index >= 15 is 0 Å². The lowest BCUT2D eigenvalue weighted by Crippen LogP contribution is -2.37. The van der Waals surface area contributed by atoms with Crippen molar-refractivity contribution in [3.05, 3.63) is 40.6 Å². The molecule has 1 saturated heterocycles. The Morgan fingerprint density at radius 3 is 2.68 bits per heavy atom. The number of H-pyrrole nitrogens is 1. The van der Waals surface area contributed by atoms with Gasteiger partial charge in [0.05, 0.1) is 11.6 Å². The minimum atomic E-state index is -0.503. The maximum Gasteiger partial charge on any atom is 0.410 e. The Bertz CT molecular complexity index is 971. The lowest BCUT2D eigenvalue weighted by Gasteiger charge is -2.27. The van der Waals surface area contributed by atoms with Crippen molar-refractivity contribution < 1.29 is 9.53 Å². The van der Waals surface area contributed by atoms with Crippen LogP contribution in [-0.2, 0) is 4.74 Å². The average molecular weight is 462 g/mol. The number of benzene rings is 1. The number of imidazole rings is 1. The van der Waals surface area contributed by atoms with Gasteiger partial charge in [-0.25, -0.2) is 9.78 Å². The molecule has 1 aliphatic heterocycles. The second-order valence-corrected chi connectivity index (χ2v) is 10.4. The number of aromatic amines is 1. The molecule has 5 nitrogen and oxygen atoms in total. The fourth-order valence-electron chi connectivity index (χ4n) is 3.57. The van der Waals surface area contributed by atoms with E-state index in [-0.39, 0.29) is 12.1 Å². The van der Waals surface area contributed by atoms with Crippen LogP contribution < -0.4 is 0 Å². The topological polar surface area (TPSA) is 58.2 Å². The van der Waals surface area contributed by atoms with Crippen molar-refractivity contribution in [3.8, 4) is 10.4 Å². The van der Waals surface area contributed by atoms with E-state index in [1.807, 2.05) is 37.8 Å². The number of nitrogens with zero attached hydrogens (tertiary/aromatic N) is 2. The molecule has 1 N–H and O–H groups in total. The van der Waals surface area contributed by atoms with Gasteiger partial charge in [0.25, 0.3) is 0 Å². The normalized spacial score (nSPS) is 20.1. The van der Waals surface area contributed by atoms with Gasteiger partial charge in [-0.3, -0.25) is 4.90 Å². The molecule has 0 spiro atoms. The number of aromatic nitrogens is 2. The van der Waals surface area contributed by atoms with Gasteiger partial charge in [-0.15, -0.1) is 11.3 Å². The molecular weight excluding hydrogens is 438 g/mol. The monoisotopic (exact) mass is 461 g/mol. The fraction of sp³-hybridized carbons (Fsp3) is 0.429. The van der Waals surface area contributed by atoms with E-state index in [4.69, 9.17) is 9.72 Å². The Balaban J connectivity index is 1.60. The first kappa shape index (κ1) is 19.5. The van der Waals surface area contributed by atoms with Crippen molar-refractivity contribution in [3.63, 3.8) is 0 Å². The molecule has 4 rings (SSSR count). The number of halogens is 1. The largest absolute Gasteiger partial charge is 0.444 e. The van der Waals surface area contributed by atoms with Crippen LogP contribution in [0, 0.1) is 5.92 Å². The summed E-state index contributed by atoms with van der Waals surface area (Å²) in [4.78, 5) is 24.9. The summed E-state index contributed by atoms with van der Waals surface area (Å²) in [5, 5.41) is 0. The highest BCUT2D eigenvalue weighted by atomic mass is 79.9. The maximum absolute atomic E-state index is 12.7. The molecule has 2 aromatic heterocycles. The first-order chi connectivity index (χ1) is 13.2. The van der Waals surface area contributed by atoms with E-state index in [0.717, 1.165) is 27.1 Å². The highest BCUT2D eigenvalue weighted by Gasteiger charge is 2.38. The lowest BCUT2D eigenvalue weighted by molar-refractivity contribution is 0.0215. The standard InChI is InChI=1S/C21H24BrN3O2S/c1-12-9-16(25(11-12)20(26)27-21(2,3)4)18-23-15-10-17(28-19(15)24-18)13-5-7-14(22)8-6-13/h5-8,10,12,16H,9,11H2,1-4H3,(H,23,24). The van der Waals surface area contributed by atoms with Crippen LogP contribution in [0.1, 0.15) is 46.0 Å². The van der Waals surface area contributed by atoms with Crippen LogP contribution in [0.3, 0.4) is 0 Å². The third kappa shape index (κ3) is 3.96. The Hall–Kier alpha value is -1.86. The van der Waals surface area contributed by atoms with Gasteiger partial charge in [0, 0.05) is 15.9 Å². The van der Waals surface area contributed by atoms with Gasteiger partial charge in [-0.05, 0) is 56.9 Å². The van der Waals surface area contributed by atoms with Crippen molar-refractivity contribution >= 4 is 43.7 Å². The molecule has 28 heavy (non-hydrogen) atoms. The van der Waals surface area contributed by atoms with Crippen LogP contribution in [0.4, 0.5) is 4.79 Å². The van der Waals surface area contributed by atoms with Crippen molar-refractivity contribution in [1.29, 1.82) is 0 Å². The summed E-state index contributed by atoms with van der Waals surface area (Å²) >= 11 is 5.14. The molecule has 1 aromatic carbocycles. The molecule has 0 radical (unpaired) electrons.